The van der Waals surface area contributed by atoms with Crippen LogP contribution in [0.4, 0.5) is 0 Å². The van der Waals surface area contributed by atoms with Crippen LogP contribution in [0.3, 0.4) is 0 Å². The lowest BCUT2D eigenvalue weighted by molar-refractivity contribution is 0.0695. The molecule has 0 aliphatic rings. The first-order valence-electron chi connectivity index (χ1n) is 5.37. The van der Waals surface area contributed by atoms with Crippen LogP contribution < -0.4 is 10.3 Å². The molecule has 96 valence electrons. The predicted octanol–water partition coefficient (Wildman–Crippen LogP) is 1.14. The van der Waals surface area contributed by atoms with E-state index in [0.29, 0.717) is 15.7 Å². The van der Waals surface area contributed by atoms with Crippen molar-refractivity contribution in [1.82, 2.24) is 9.55 Å². The van der Waals surface area contributed by atoms with Crippen molar-refractivity contribution in [2.75, 3.05) is 0 Å². The Balaban J connectivity index is 2.67. The molecule has 6 nitrogen and oxygen atoms in total. The standard InChI is InChI=1S/C12H8N2O4S/c1-14-4-5(11(16)17)9(15)8-7(14)3-2-6-10(8)19-12(18)13-6/h2-4H,1H3,(H,13,18)(H,16,17). The number of aromatic carboxylic acids is 1. The molecule has 0 spiro atoms. The first-order valence-corrected chi connectivity index (χ1v) is 6.19. The summed E-state index contributed by atoms with van der Waals surface area (Å²) in [5.74, 6) is -1.28. The number of fused-ring (bicyclic) bond motifs is 3. The van der Waals surface area contributed by atoms with E-state index in [1.165, 1.54) is 6.20 Å². The molecule has 0 saturated carbocycles. The van der Waals surface area contributed by atoms with E-state index in [2.05, 4.69) is 4.98 Å². The third-order valence-electron chi connectivity index (χ3n) is 2.97. The summed E-state index contributed by atoms with van der Waals surface area (Å²) < 4.78 is 2.07. The molecular formula is C12H8N2O4S. The third-order valence-corrected chi connectivity index (χ3v) is 3.89. The number of nitrogens with one attached hydrogen (secondary N) is 1. The van der Waals surface area contributed by atoms with Gasteiger partial charge in [-0.25, -0.2) is 4.79 Å². The fraction of sp³-hybridized carbons (Fsp3) is 0.0833. The van der Waals surface area contributed by atoms with E-state index >= 15 is 0 Å². The topological polar surface area (TPSA) is 92.2 Å². The maximum atomic E-state index is 12.2. The summed E-state index contributed by atoms with van der Waals surface area (Å²) >= 11 is 0.908. The van der Waals surface area contributed by atoms with E-state index in [-0.39, 0.29) is 15.8 Å². The van der Waals surface area contributed by atoms with Crippen LogP contribution in [0.25, 0.3) is 21.1 Å². The minimum atomic E-state index is -1.28. The summed E-state index contributed by atoms with van der Waals surface area (Å²) in [7, 11) is 1.66. The number of thiazole rings is 1. The Morgan fingerprint density at radius 2 is 2.11 bits per heavy atom. The molecule has 0 atom stereocenters. The minimum Gasteiger partial charge on any atom is -0.477 e. The zero-order chi connectivity index (χ0) is 13.7. The number of rotatable bonds is 1. The van der Waals surface area contributed by atoms with Gasteiger partial charge in [0, 0.05) is 13.2 Å². The van der Waals surface area contributed by atoms with Gasteiger partial charge in [-0.05, 0) is 12.1 Å². The largest absolute Gasteiger partial charge is 0.477 e. The van der Waals surface area contributed by atoms with Crippen LogP contribution in [0.5, 0.6) is 0 Å². The maximum Gasteiger partial charge on any atom is 0.341 e. The normalized spacial score (nSPS) is 11.2. The Kier molecular flexibility index (Phi) is 2.33. The monoisotopic (exact) mass is 276 g/mol. The molecular weight excluding hydrogens is 268 g/mol. The summed E-state index contributed by atoms with van der Waals surface area (Å²) in [6.07, 6.45) is 1.29. The molecule has 2 aromatic heterocycles. The van der Waals surface area contributed by atoms with Gasteiger partial charge in [-0.1, -0.05) is 11.3 Å². The molecule has 0 aliphatic carbocycles. The first-order chi connectivity index (χ1) is 8.99. The fourth-order valence-corrected chi connectivity index (χ4v) is 3.00. The van der Waals surface area contributed by atoms with Gasteiger partial charge >= 0.3 is 10.8 Å². The Bertz CT molecular complexity index is 948. The van der Waals surface area contributed by atoms with Crippen LogP contribution in [-0.4, -0.2) is 20.6 Å². The second kappa shape index (κ2) is 3.79. The van der Waals surface area contributed by atoms with Gasteiger partial charge in [-0.2, -0.15) is 0 Å². The van der Waals surface area contributed by atoms with Crippen molar-refractivity contribution in [2.45, 2.75) is 0 Å². The average Bonchev–Trinajstić information content (AvgIpc) is 2.72. The van der Waals surface area contributed by atoms with E-state index < -0.39 is 11.4 Å². The summed E-state index contributed by atoms with van der Waals surface area (Å²) in [5.41, 5.74) is 0.268. The molecule has 2 N–H and O–H groups in total. The van der Waals surface area contributed by atoms with Gasteiger partial charge in [0.2, 0.25) is 5.43 Å². The number of hydrogen-bond acceptors (Lipinski definition) is 4. The average molecular weight is 276 g/mol. The number of hydrogen-bond donors (Lipinski definition) is 2. The van der Waals surface area contributed by atoms with Crippen molar-refractivity contribution in [3.63, 3.8) is 0 Å². The molecule has 0 saturated heterocycles. The lowest BCUT2D eigenvalue weighted by atomic mass is 10.1. The molecule has 2 heterocycles. The van der Waals surface area contributed by atoms with Gasteiger partial charge in [0.15, 0.2) is 0 Å². The molecule has 3 aromatic rings. The number of carbonyl (C=O) groups is 1. The zero-order valence-electron chi connectivity index (χ0n) is 9.76. The molecule has 0 unspecified atom stereocenters. The Hall–Kier alpha value is -2.41. The summed E-state index contributed by atoms with van der Waals surface area (Å²) in [6.45, 7) is 0. The van der Waals surface area contributed by atoms with E-state index in [9.17, 15) is 14.4 Å². The number of benzene rings is 1. The smallest absolute Gasteiger partial charge is 0.341 e. The summed E-state index contributed by atoms with van der Waals surface area (Å²) in [5, 5.41) is 9.31. The molecule has 7 heteroatoms. The van der Waals surface area contributed by atoms with Crippen LogP contribution in [0.1, 0.15) is 10.4 Å². The maximum absolute atomic E-state index is 12.2. The number of pyridine rings is 1. The lowest BCUT2D eigenvalue weighted by Crippen LogP contribution is -2.17. The van der Waals surface area contributed by atoms with Crippen LogP contribution >= 0.6 is 11.3 Å². The number of aromatic nitrogens is 2. The molecule has 1 aromatic carbocycles. The van der Waals surface area contributed by atoms with Crippen molar-refractivity contribution in [3.05, 3.63) is 43.8 Å². The number of aryl methyl sites for hydroxylation is 1. The number of nitrogens with zero attached hydrogens (tertiary/aromatic N) is 1. The van der Waals surface area contributed by atoms with Gasteiger partial charge in [0.1, 0.15) is 5.56 Å². The van der Waals surface area contributed by atoms with E-state index in [4.69, 9.17) is 5.11 Å². The highest BCUT2D eigenvalue weighted by Gasteiger charge is 2.16. The molecule has 0 fully saturated rings. The van der Waals surface area contributed by atoms with E-state index in [1.54, 1.807) is 23.7 Å². The quantitative estimate of drug-likeness (QED) is 0.697. The second-order valence-corrected chi connectivity index (χ2v) is 5.12. The zero-order valence-corrected chi connectivity index (χ0v) is 10.6. The highest BCUT2D eigenvalue weighted by Crippen LogP contribution is 2.23. The first kappa shape index (κ1) is 11.7. The van der Waals surface area contributed by atoms with Crippen molar-refractivity contribution in [3.8, 4) is 0 Å². The number of H-pyrrole nitrogens is 1. The molecule has 0 radical (unpaired) electrons. The van der Waals surface area contributed by atoms with Gasteiger partial charge in [-0.3, -0.25) is 9.59 Å². The van der Waals surface area contributed by atoms with E-state index in [0.717, 1.165) is 11.3 Å². The predicted molar refractivity (Wildman–Crippen MR) is 72.2 cm³/mol. The lowest BCUT2D eigenvalue weighted by Gasteiger charge is -2.07. The van der Waals surface area contributed by atoms with Crippen molar-refractivity contribution < 1.29 is 9.90 Å². The van der Waals surface area contributed by atoms with Gasteiger partial charge in [0.25, 0.3) is 0 Å². The molecule has 3 rings (SSSR count). The second-order valence-electron chi connectivity index (χ2n) is 4.14. The minimum absolute atomic E-state index is 0.267. The third kappa shape index (κ3) is 1.59. The van der Waals surface area contributed by atoms with Crippen LogP contribution in [0, 0.1) is 0 Å². The number of carboxylic acids is 1. The Morgan fingerprint density at radius 3 is 2.79 bits per heavy atom. The molecule has 19 heavy (non-hydrogen) atoms. The van der Waals surface area contributed by atoms with Crippen molar-refractivity contribution >= 4 is 38.4 Å². The Morgan fingerprint density at radius 1 is 1.37 bits per heavy atom. The van der Waals surface area contributed by atoms with Crippen molar-refractivity contribution in [2.24, 2.45) is 7.05 Å². The summed E-state index contributed by atoms with van der Waals surface area (Å²) in [4.78, 5) is 37.0. The van der Waals surface area contributed by atoms with Crippen molar-refractivity contribution in [1.29, 1.82) is 0 Å². The van der Waals surface area contributed by atoms with Gasteiger partial charge in [0.05, 0.1) is 21.1 Å². The van der Waals surface area contributed by atoms with Gasteiger partial charge in [-0.15, -0.1) is 0 Å². The molecule has 0 aliphatic heterocycles. The van der Waals surface area contributed by atoms with Crippen LogP contribution in [0.15, 0.2) is 27.9 Å². The fourth-order valence-electron chi connectivity index (χ4n) is 2.13. The molecule has 0 bridgehead atoms. The van der Waals surface area contributed by atoms with E-state index in [1.807, 2.05) is 0 Å². The Labute approximate surface area is 109 Å². The SMILES string of the molecule is Cn1cc(C(=O)O)c(=O)c2c3sc(=O)[nH]c3ccc21. The number of aromatic amines is 1. The van der Waals surface area contributed by atoms with Crippen LogP contribution in [-0.2, 0) is 7.05 Å². The molecule has 0 amide bonds. The highest BCUT2D eigenvalue weighted by molar-refractivity contribution is 7.17. The number of carboxylic acid groups (broad SMARTS) is 1. The van der Waals surface area contributed by atoms with Crippen LogP contribution in [0.2, 0.25) is 0 Å². The van der Waals surface area contributed by atoms with Gasteiger partial charge < -0.3 is 14.7 Å². The summed E-state index contributed by atoms with van der Waals surface area (Å²) in [6, 6.07) is 3.39. The highest BCUT2D eigenvalue weighted by atomic mass is 32.1.